The van der Waals surface area contributed by atoms with E-state index in [9.17, 15) is 9.59 Å². The Kier molecular flexibility index (Phi) is 9.31. The number of para-hydroxylation sites is 1. The van der Waals surface area contributed by atoms with Crippen molar-refractivity contribution in [3.05, 3.63) is 59.7 Å². The number of hydrogen-bond donors (Lipinski definition) is 0. The molecule has 178 valence electrons. The predicted octanol–water partition coefficient (Wildman–Crippen LogP) is 4.59. The van der Waals surface area contributed by atoms with Gasteiger partial charge in [0.15, 0.2) is 0 Å². The van der Waals surface area contributed by atoms with Crippen molar-refractivity contribution >= 4 is 17.5 Å². The molecule has 0 spiro atoms. The van der Waals surface area contributed by atoms with Crippen molar-refractivity contribution in [2.75, 3.05) is 45.2 Å². The Morgan fingerprint density at radius 3 is 2.42 bits per heavy atom. The third kappa shape index (κ3) is 7.32. The van der Waals surface area contributed by atoms with Gasteiger partial charge in [-0.3, -0.25) is 9.59 Å². The van der Waals surface area contributed by atoms with Crippen molar-refractivity contribution < 1.29 is 14.3 Å². The fourth-order valence-corrected chi connectivity index (χ4v) is 4.16. The van der Waals surface area contributed by atoms with Crippen LogP contribution in [0.5, 0.6) is 5.75 Å². The van der Waals surface area contributed by atoms with Crippen LogP contribution >= 0.6 is 0 Å². The Morgan fingerprint density at radius 1 is 0.939 bits per heavy atom. The number of nitrogens with zero attached hydrogens (tertiary/aromatic N) is 3. The zero-order chi connectivity index (χ0) is 23.6. The van der Waals surface area contributed by atoms with Crippen molar-refractivity contribution in [2.45, 2.75) is 45.6 Å². The lowest BCUT2D eigenvalue weighted by atomic mass is 10.1. The molecule has 0 atom stereocenters. The molecule has 6 heteroatoms. The highest BCUT2D eigenvalue weighted by atomic mass is 16.5. The number of hydrogen-bond acceptors (Lipinski definition) is 4. The molecule has 0 radical (unpaired) electrons. The van der Waals surface area contributed by atoms with E-state index in [4.69, 9.17) is 4.74 Å². The number of fused-ring (bicyclic) bond motifs is 1. The van der Waals surface area contributed by atoms with E-state index < -0.39 is 0 Å². The molecule has 0 N–H and O–H groups in total. The monoisotopic (exact) mass is 451 g/mol. The van der Waals surface area contributed by atoms with Gasteiger partial charge in [-0.2, -0.15) is 0 Å². The summed E-state index contributed by atoms with van der Waals surface area (Å²) in [5.41, 5.74) is 2.54. The van der Waals surface area contributed by atoms with Crippen LogP contribution in [0.1, 0.15) is 54.9 Å². The molecular formula is C27H37N3O3. The molecule has 2 aromatic carbocycles. The van der Waals surface area contributed by atoms with Crippen LogP contribution in [-0.4, -0.2) is 62.0 Å². The largest absolute Gasteiger partial charge is 0.492 e. The molecule has 0 unspecified atom stereocenters. The Morgan fingerprint density at radius 2 is 1.67 bits per heavy atom. The third-order valence-electron chi connectivity index (χ3n) is 6.01. The van der Waals surface area contributed by atoms with E-state index in [2.05, 4.69) is 4.90 Å². The Labute approximate surface area is 198 Å². The Balaban J connectivity index is 1.84. The lowest BCUT2D eigenvalue weighted by Gasteiger charge is -2.29. The average Bonchev–Trinajstić information content (AvgIpc) is 2.79. The van der Waals surface area contributed by atoms with E-state index in [1.807, 2.05) is 72.4 Å². The van der Waals surface area contributed by atoms with Crippen LogP contribution in [0.15, 0.2) is 48.5 Å². The summed E-state index contributed by atoms with van der Waals surface area (Å²) in [7, 11) is 4.01. The van der Waals surface area contributed by atoms with Gasteiger partial charge in [0.25, 0.3) is 5.91 Å². The summed E-state index contributed by atoms with van der Waals surface area (Å²) in [5, 5.41) is 0. The van der Waals surface area contributed by atoms with Crippen LogP contribution < -0.4 is 9.64 Å². The minimum absolute atomic E-state index is 0.00528. The van der Waals surface area contributed by atoms with Crippen molar-refractivity contribution in [1.82, 2.24) is 9.80 Å². The molecule has 2 amide bonds. The van der Waals surface area contributed by atoms with E-state index in [-0.39, 0.29) is 11.8 Å². The van der Waals surface area contributed by atoms with Gasteiger partial charge >= 0.3 is 0 Å². The number of carbonyl (C=O) groups is 2. The zero-order valence-corrected chi connectivity index (χ0v) is 20.3. The molecule has 1 aliphatic rings. The summed E-state index contributed by atoms with van der Waals surface area (Å²) in [6, 6.07) is 15.4. The van der Waals surface area contributed by atoms with Crippen LogP contribution in [0.25, 0.3) is 0 Å². The van der Waals surface area contributed by atoms with E-state index >= 15 is 0 Å². The number of benzene rings is 2. The summed E-state index contributed by atoms with van der Waals surface area (Å²) in [6.45, 7) is 4.89. The van der Waals surface area contributed by atoms with E-state index in [0.717, 1.165) is 49.9 Å². The number of likely N-dealkylation sites (N-methyl/N-ethyl adjacent to an activating group) is 1. The highest BCUT2D eigenvalue weighted by Gasteiger charge is 2.21. The van der Waals surface area contributed by atoms with Crippen molar-refractivity contribution in [3.8, 4) is 5.75 Å². The molecule has 2 aromatic rings. The van der Waals surface area contributed by atoms with Crippen LogP contribution in [0.3, 0.4) is 0 Å². The highest BCUT2D eigenvalue weighted by Crippen LogP contribution is 2.25. The summed E-state index contributed by atoms with van der Waals surface area (Å²) in [5.74, 6) is 0.745. The minimum atomic E-state index is -0.00528. The molecule has 0 aromatic heterocycles. The lowest BCUT2D eigenvalue weighted by molar-refractivity contribution is -0.116. The quantitative estimate of drug-likeness (QED) is 0.667. The maximum Gasteiger partial charge on any atom is 0.254 e. The third-order valence-corrected chi connectivity index (χ3v) is 6.01. The SMILES string of the molecule is CC(=O)N1CCCCCCCN(C(=O)c2cccc(OCCN(C)C)c2)Cc2ccccc21. The number of anilines is 1. The first-order chi connectivity index (χ1) is 16.0. The normalized spacial score (nSPS) is 15.4. The van der Waals surface area contributed by atoms with Crippen molar-refractivity contribution in [2.24, 2.45) is 0 Å². The number of carbonyl (C=O) groups excluding carboxylic acids is 2. The van der Waals surface area contributed by atoms with Gasteiger partial charge in [-0.05, 0) is 56.8 Å². The topological polar surface area (TPSA) is 53.1 Å². The number of ether oxygens (including phenoxy) is 1. The van der Waals surface area contributed by atoms with Crippen LogP contribution in [0, 0.1) is 0 Å². The summed E-state index contributed by atoms with van der Waals surface area (Å²) < 4.78 is 5.85. The highest BCUT2D eigenvalue weighted by molar-refractivity contribution is 5.95. The molecule has 0 bridgehead atoms. The molecule has 0 aliphatic carbocycles. The number of amides is 2. The predicted molar refractivity (Wildman–Crippen MR) is 133 cm³/mol. The summed E-state index contributed by atoms with van der Waals surface area (Å²) in [4.78, 5) is 31.8. The molecule has 0 fully saturated rings. The summed E-state index contributed by atoms with van der Waals surface area (Å²) >= 11 is 0. The number of rotatable bonds is 5. The maximum absolute atomic E-state index is 13.6. The molecule has 1 heterocycles. The molecule has 3 rings (SSSR count). The molecule has 1 aliphatic heterocycles. The second kappa shape index (κ2) is 12.4. The van der Waals surface area contributed by atoms with Crippen molar-refractivity contribution in [3.63, 3.8) is 0 Å². The standard InChI is InChI=1S/C27H37N3O3/c1-22(31)30-17-10-6-4-5-9-16-29(21-24-12-7-8-15-26(24)30)27(32)23-13-11-14-25(20-23)33-19-18-28(2)3/h7-8,11-15,20H,4-6,9-10,16-19,21H2,1-3H3. The first-order valence-corrected chi connectivity index (χ1v) is 12.0. The molecule has 33 heavy (non-hydrogen) atoms. The van der Waals surface area contributed by atoms with Gasteiger partial charge in [0.1, 0.15) is 12.4 Å². The van der Waals surface area contributed by atoms with Gasteiger partial charge in [0.05, 0.1) is 0 Å². The molecular weight excluding hydrogens is 414 g/mol. The Bertz CT molecular complexity index is 928. The minimum Gasteiger partial charge on any atom is -0.492 e. The smallest absolute Gasteiger partial charge is 0.254 e. The van der Waals surface area contributed by atoms with Crippen molar-refractivity contribution in [1.29, 1.82) is 0 Å². The van der Waals surface area contributed by atoms with E-state index in [0.29, 0.717) is 37.6 Å². The summed E-state index contributed by atoms with van der Waals surface area (Å²) in [6.07, 6.45) is 5.26. The van der Waals surface area contributed by atoms with Gasteiger partial charge in [-0.1, -0.05) is 43.5 Å². The van der Waals surface area contributed by atoms with E-state index in [1.165, 1.54) is 0 Å². The molecule has 0 saturated carbocycles. The van der Waals surface area contributed by atoms with Gasteiger partial charge in [-0.25, -0.2) is 0 Å². The van der Waals surface area contributed by atoms with Crippen LogP contribution in [-0.2, 0) is 11.3 Å². The van der Waals surface area contributed by atoms with Gasteiger partial charge < -0.3 is 19.4 Å². The van der Waals surface area contributed by atoms with Gasteiger partial charge in [0.2, 0.25) is 5.91 Å². The van der Waals surface area contributed by atoms with Gasteiger partial charge in [-0.15, -0.1) is 0 Å². The lowest BCUT2D eigenvalue weighted by Crippen LogP contribution is -2.34. The van der Waals surface area contributed by atoms with Crippen LogP contribution in [0.4, 0.5) is 5.69 Å². The second-order valence-corrected chi connectivity index (χ2v) is 8.97. The zero-order valence-electron chi connectivity index (χ0n) is 20.3. The first-order valence-electron chi connectivity index (χ1n) is 12.0. The average molecular weight is 452 g/mol. The fraction of sp³-hybridized carbons (Fsp3) is 0.481. The maximum atomic E-state index is 13.6. The fourth-order valence-electron chi connectivity index (χ4n) is 4.16. The molecule has 6 nitrogen and oxygen atoms in total. The van der Waals surface area contributed by atoms with E-state index in [1.54, 1.807) is 6.92 Å². The van der Waals surface area contributed by atoms with Crippen LogP contribution in [0.2, 0.25) is 0 Å². The second-order valence-electron chi connectivity index (χ2n) is 8.97. The Hall–Kier alpha value is -2.86. The molecule has 0 saturated heterocycles. The first kappa shape index (κ1) is 24.8. The van der Waals surface area contributed by atoms with Gasteiger partial charge in [0, 0.05) is 44.4 Å².